The quantitative estimate of drug-likeness (QED) is 0.273. The third-order valence-corrected chi connectivity index (χ3v) is 5.61. The Labute approximate surface area is 214 Å². The maximum atomic E-state index is 12.6. The molecule has 1 rings (SSSR count). The second kappa shape index (κ2) is 15.9. The Balaban J connectivity index is 2.83. The standard InChI is InChI=1S/C27H41NO8/c1-7-10-24(29)35-22-13-12-20(16-23(22)36-25(30)11-8-2)15-21(28)27(32)34-19(6)18(5)33-26(31)14-17(4)9-3/h12-13,16-19,21H,7-11,14-15,28H2,1-6H3/t17?,18-,19-,21-/m0/s1. The van der Waals surface area contributed by atoms with Gasteiger partial charge in [0.05, 0.1) is 0 Å². The highest BCUT2D eigenvalue weighted by Crippen LogP contribution is 2.30. The molecule has 1 aromatic carbocycles. The lowest BCUT2D eigenvalue weighted by Crippen LogP contribution is -2.39. The van der Waals surface area contributed by atoms with Gasteiger partial charge in [0.15, 0.2) is 11.5 Å². The van der Waals surface area contributed by atoms with Crippen molar-refractivity contribution in [3.05, 3.63) is 23.8 Å². The van der Waals surface area contributed by atoms with Crippen molar-refractivity contribution in [1.29, 1.82) is 0 Å². The fourth-order valence-electron chi connectivity index (χ4n) is 3.08. The molecule has 0 aliphatic heterocycles. The predicted molar refractivity (Wildman–Crippen MR) is 134 cm³/mol. The molecule has 0 fully saturated rings. The van der Waals surface area contributed by atoms with E-state index in [-0.39, 0.29) is 42.6 Å². The zero-order valence-corrected chi connectivity index (χ0v) is 22.3. The van der Waals surface area contributed by atoms with E-state index in [0.717, 1.165) is 6.42 Å². The lowest BCUT2D eigenvalue weighted by molar-refractivity contribution is -0.166. The van der Waals surface area contributed by atoms with Crippen molar-refractivity contribution < 1.29 is 38.1 Å². The molecule has 0 heterocycles. The minimum absolute atomic E-state index is 0.0891. The van der Waals surface area contributed by atoms with Crippen molar-refractivity contribution in [2.75, 3.05) is 0 Å². The van der Waals surface area contributed by atoms with Crippen LogP contribution < -0.4 is 15.2 Å². The van der Waals surface area contributed by atoms with E-state index in [2.05, 4.69) is 0 Å². The fourth-order valence-corrected chi connectivity index (χ4v) is 3.08. The van der Waals surface area contributed by atoms with Crippen molar-refractivity contribution in [1.82, 2.24) is 0 Å². The Morgan fingerprint density at radius 1 is 0.806 bits per heavy atom. The van der Waals surface area contributed by atoms with Crippen LogP contribution in [0.2, 0.25) is 0 Å². The molecule has 0 aliphatic rings. The molecule has 0 aromatic heterocycles. The maximum Gasteiger partial charge on any atom is 0.323 e. The van der Waals surface area contributed by atoms with Gasteiger partial charge in [0.1, 0.15) is 18.2 Å². The molecule has 0 spiro atoms. The van der Waals surface area contributed by atoms with Crippen molar-refractivity contribution in [3.8, 4) is 11.5 Å². The number of carbonyl (C=O) groups is 4. The number of ether oxygens (including phenoxy) is 4. The molecule has 2 N–H and O–H groups in total. The van der Waals surface area contributed by atoms with Crippen LogP contribution in [0.4, 0.5) is 0 Å². The molecule has 202 valence electrons. The van der Waals surface area contributed by atoms with Crippen LogP contribution >= 0.6 is 0 Å². The van der Waals surface area contributed by atoms with Gasteiger partial charge in [-0.3, -0.25) is 19.2 Å². The molecular weight excluding hydrogens is 466 g/mol. The summed E-state index contributed by atoms with van der Waals surface area (Å²) >= 11 is 0. The summed E-state index contributed by atoms with van der Waals surface area (Å²) in [4.78, 5) is 48.6. The van der Waals surface area contributed by atoms with Gasteiger partial charge in [-0.15, -0.1) is 0 Å². The van der Waals surface area contributed by atoms with Gasteiger partial charge < -0.3 is 24.7 Å². The molecule has 0 saturated carbocycles. The first kappa shape index (κ1) is 31.1. The second-order valence-corrected chi connectivity index (χ2v) is 9.09. The highest BCUT2D eigenvalue weighted by atomic mass is 16.6. The average Bonchev–Trinajstić information content (AvgIpc) is 2.80. The highest BCUT2D eigenvalue weighted by Gasteiger charge is 2.25. The average molecular weight is 508 g/mol. The Hall–Kier alpha value is -2.94. The van der Waals surface area contributed by atoms with Crippen molar-refractivity contribution in [2.24, 2.45) is 11.7 Å². The third-order valence-electron chi connectivity index (χ3n) is 5.61. The van der Waals surface area contributed by atoms with Crippen molar-refractivity contribution >= 4 is 23.9 Å². The number of esters is 4. The summed E-state index contributed by atoms with van der Waals surface area (Å²) in [5.41, 5.74) is 6.66. The minimum atomic E-state index is -1.01. The molecule has 0 amide bonds. The number of carbonyl (C=O) groups excluding carboxylic acids is 4. The fraction of sp³-hybridized carbons (Fsp3) is 0.630. The Morgan fingerprint density at radius 2 is 1.36 bits per heavy atom. The minimum Gasteiger partial charge on any atom is -0.459 e. The van der Waals surface area contributed by atoms with Gasteiger partial charge in [0.2, 0.25) is 0 Å². The summed E-state index contributed by atoms with van der Waals surface area (Å²) in [6.45, 7) is 11.0. The van der Waals surface area contributed by atoms with E-state index in [9.17, 15) is 19.2 Å². The van der Waals surface area contributed by atoms with Crippen LogP contribution in [0.5, 0.6) is 11.5 Å². The number of benzene rings is 1. The summed E-state index contributed by atoms with van der Waals surface area (Å²) in [5.74, 6) is -1.47. The van der Waals surface area contributed by atoms with E-state index in [4.69, 9.17) is 24.7 Å². The predicted octanol–water partition coefficient (Wildman–Crippen LogP) is 4.27. The molecule has 0 aliphatic carbocycles. The summed E-state index contributed by atoms with van der Waals surface area (Å²) < 4.78 is 21.5. The second-order valence-electron chi connectivity index (χ2n) is 9.09. The van der Waals surface area contributed by atoms with Gasteiger partial charge in [-0.25, -0.2) is 0 Å². The third kappa shape index (κ3) is 11.2. The van der Waals surface area contributed by atoms with Crippen LogP contribution in [0.15, 0.2) is 18.2 Å². The Kier molecular flexibility index (Phi) is 13.8. The Bertz CT molecular complexity index is 885. The molecule has 1 unspecified atom stereocenters. The van der Waals surface area contributed by atoms with Crippen LogP contribution in [0.3, 0.4) is 0 Å². The van der Waals surface area contributed by atoms with Crippen LogP contribution in [0, 0.1) is 5.92 Å². The zero-order chi connectivity index (χ0) is 27.3. The zero-order valence-electron chi connectivity index (χ0n) is 22.3. The molecule has 0 bridgehead atoms. The topological polar surface area (TPSA) is 131 Å². The molecular formula is C27H41NO8. The van der Waals surface area contributed by atoms with Gasteiger partial charge in [-0.2, -0.15) is 0 Å². The highest BCUT2D eigenvalue weighted by molar-refractivity contribution is 5.77. The first-order valence-corrected chi connectivity index (χ1v) is 12.7. The number of hydrogen-bond donors (Lipinski definition) is 1. The summed E-state index contributed by atoms with van der Waals surface area (Å²) in [5, 5.41) is 0. The SMILES string of the molecule is CCCC(=O)Oc1ccc(C[C@H](N)C(=O)O[C@@H](C)[C@H](C)OC(=O)CC(C)CC)cc1OC(=O)CCC. The van der Waals surface area contributed by atoms with Crippen LogP contribution in [-0.2, 0) is 35.1 Å². The van der Waals surface area contributed by atoms with E-state index < -0.39 is 36.2 Å². The summed E-state index contributed by atoms with van der Waals surface area (Å²) in [7, 11) is 0. The van der Waals surface area contributed by atoms with Crippen LogP contribution in [-0.4, -0.2) is 42.1 Å². The van der Waals surface area contributed by atoms with E-state index in [1.54, 1.807) is 19.9 Å². The van der Waals surface area contributed by atoms with E-state index in [1.807, 2.05) is 27.7 Å². The molecule has 0 radical (unpaired) electrons. The number of hydrogen-bond acceptors (Lipinski definition) is 9. The molecule has 1 aromatic rings. The van der Waals surface area contributed by atoms with Gasteiger partial charge in [-0.05, 0) is 56.7 Å². The first-order chi connectivity index (χ1) is 17.0. The molecule has 9 heteroatoms. The van der Waals surface area contributed by atoms with Gasteiger partial charge in [0, 0.05) is 19.3 Å². The summed E-state index contributed by atoms with van der Waals surface area (Å²) in [6.07, 6.45) is 1.60. The maximum absolute atomic E-state index is 12.6. The lowest BCUT2D eigenvalue weighted by Gasteiger charge is -2.23. The van der Waals surface area contributed by atoms with Gasteiger partial charge in [-0.1, -0.05) is 40.2 Å². The van der Waals surface area contributed by atoms with Crippen LogP contribution in [0.25, 0.3) is 0 Å². The largest absolute Gasteiger partial charge is 0.459 e. The normalized spacial score (nSPS) is 14.2. The van der Waals surface area contributed by atoms with Crippen molar-refractivity contribution in [3.63, 3.8) is 0 Å². The van der Waals surface area contributed by atoms with Gasteiger partial charge in [0.25, 0.3) is 0 Å². The number of rotatable bonds is 15. The van der Waals surface area contributed by atoms with E-state index in [1.165, 1.54) is 12.1 Å². The summed E-state index contributed by atoms with van der Waals surface area (Å²) in [6, 6.07) is 3.67. The monoisotopic (exact) mass is 507 g/mol. The van der Waals surface area contributed by atoms with E-state index >= 15 is 0 Å². The number of nitrogens with two attached hydrogens (primary N) is 1. The smallest absolute Gasteiger partial charge is 0.323 e. The Morgan fingerprint density at radius 3 is 1.92 bits per heavy atom. The lowest BCUT2D eigenvalue weighted by atomic mass is 10.1. The molecule has 0 saturated heterocycles. The van der Waals surface area contributed by atoms with Crippen molar-refractivity contribution in [2.45, 2.75) is 105 Å². The van der Waals surface area contributed by atoms with E-state index in [0.29, 0.717) is 24.8 Å². The molecule has 36 heavy (non-hydrogen) atoms. The van der Waals surface area contributed by atoms with Crippen LogP contribution in [0.1, 0.15) is 85.6 Å². The molecule has 9 nitrogen and oxygen atoms in total. The van der Waals surface area contributed by atoms with Gasteiger partial charge >= 0.3 is 23.9 Å². The molecule has 4 atom stereocenters. The first-order valence-electron chi connectivity index (χ1n) is 12.7.